The van der Waals surface area contributed by atoms with Crippen molar-refractivity contribution in [3.05, 3.63) is 88.5 Å². The van der Waals surface area contributed by atoms with Crippen molar-refractivity contribution in [1.82, 2.24) is 15.0 Å². The number of fused-ring (bicyclic) bond motifs is 1. The van der Waals surface area contributed by atoms with Crippen LogP contribution < -0.4 is 16.0 Å². The quantitative estimate of drug-likeness (QED) is 0.413. The number of ether oxygens (including phenoxy) is 1. The van der Waals surface area contributed by atoms with E-state index in [1.807, 2.05) is 30.3 Å². The highest BCUT2D eigenvalue weighted by molar-refractivity contribution is 5.87. The van der Waals surface area contributed by atoms with E-state index in [0.29, 0.717) is 28.9 Å². The van der Waals surface area contributed by atoms with Gasteiger partial charge in [0.15, 0.2) is 0 Å². The summed E-state index contributed by atoms with van der Waals surface area (Å²) in [7, 11) is 0. The molecule has 0 saturated heterocycles. The van der Waals surface area contributed by atoms with E-state index in [-0.39, 0.29) is 11.6 Å². The third-order valence-corrected chi connectivity index (χ3v) is 4.11. The van der Waals surface area contributed by atoms with Gasteiger partial charge >= 0.3 is 6.01 Å². The van der Waals surface area contributed by atoms with E-state index in [2.05, 4.69) is 19.9 Å². The van der Waals surface area contributed by atoms with Crippen LogP contribution in [0, 0.1) is 0 Å². The maximum atomic E-state index is 12.1. The zero-order valence-corrected chi connectivity index (χ0v) is 14.9. The van der Waals surface area contributed by atoms with Gasteiger partial charge in [0, 0.05) is 29.7 Å². The fourth-order valence-electron chi connectivity index (χ4n) is 2.70. The molecule has 138 valence electrons. The molecule has 0 unspecified atom stereocenters. The molecule has 0 aliphatic rings. The van der Waals surface area contributed by atoms with E-state index in [4.69, 9.17) is 10.5 Å². The molecule has 0 aliphatic carbocycles. The maximum absolute atomic E-state index is 12.1. The smallest absolute Gasteiger partial charge is 0.302 e. The van der Waals surface area contributed by atoms with Crippen molar-refractivity contribution < 1.29 is 4.74 Å². The number of nitrogens with one attached hydrogen (secondary N) is 1. The molecule has 0 radical (unpaired) electrons. The number of anilines is 1. The first-order chi connectivity index (χ1) is 13.7. The Bertz CT molecular complexity index is 1200. The van der Waals surface area contributed by atoms with Gasteiger partial charge in [0.05, 0.1) is 23.6 Å². The summed E-state index contributed by atoms with van der Waals surface area (Å²) < 4.78 is 5.66. The van der Waals surface area contributed by atoms with Crippen LogP contribution in [0.2, 0.25) is 0 Å². The van der Waals surface area contributed by atoms with E-state index < -0.39 is 0 Å². The topological polar surface area (TPSA) is 106 Å². The fraction of sp³-hybridized carbons (Fsp3) is 0.0476. The highest BCUT2D eigenvalue weighted by Crippen LogP contribution is 2.23. The molecule has 28 heavy (non-hydrogen) atoms. The second-order valence-electron chi connectivity index (χ2n) is 6.11. The van der Waals surface area contributed by atoms with Gasteiger partial charge < -0.3 is 10.5 Å². The van der Waals surface area contributed by atoms with Crippen LogP contribution in [0.5, 0.6) is 11.8 Å². The molecule has 4 rings (SSSR count). The van der Waals surface area contributed by atoms with Gasteiger partial charge in [0.2, 0.25) is 0 Å². The fourth-order valence-corrected chi connectivity index (χ4v) is 2.70. The first-order valence-corrected chi connectivity index (χ1v) is 8.64. The summed E-state index contributed by atoms with van der Waals surface area (Å²) in [5.74, 6) is 0.462. The number of nitrogens with two attached hydrogens (primary N) is 1. The van der Waals surface area contributed by atoms with Crippen LogP contribution in [0.25, 0.3) is 10.9 Å². The highest BCUT2D eigenvalue weighted by atomic mass is 16.5. The lowest BCUT2D eigenvalue weighted by molar-refractivity contribution is 0.443. The van der Waals surface area contributed by atoms with E-state index in [1.54, 1.807) is 36.7 Å². The standard InChI is InChI=1S/C21H17N5O2/c22-18-10-16(7-6-15(18)12-24-11-14-4-2-1-3-5-14)28-21-25-19-13-23-9-8-17(19)20(27)26-21/h1-10,12-13H,11,22H2,(H,25,26,27). The lowest BCUT2D eigenvalue weighted by atomic mass is 10.2. The Balaban J connectivity index is 1.51. The molecule has 0 fully saturated rings. The summed E-state index contributed by atoms with van der Waals surface area (Å²) in [4.78, 5) is 27.4. The zero-order chi connectivity index (χ0) is 19.3. The van der Waals surface area contributed by atoms with E-state index >= 15 is 0 Å². The number of aromatic amines is 1. The second-order valence-corrected chi connectivity index (χ2v) is 6.11. The number of H-pyrrole nitrogens is 1. The molecule has 2 aromatic carbocycles. The van der Waals surface area contributed by atoms with Crippen molar-refractivity contribution in [3.63, 3.8) is 0 Å². The van der Waals surface area contributed by atoms with Crippen LogP contribution >= 0.6 is 0 Å². The summed E-state index contributed by atoms with van der Waals surface area (Å²) in [6.07, 6.45) is 4.78. The third kappa shape index (κ3) is 3.88. The first kappa shape index (κ1) is 17.4. The average Bonchev–Trinajstić information content (AvgIpc) is 2.70. The van der Waals surface area contributed by atoms with Gasteiger partial charge in [-0.1, -0.05) is 30.3 Å². The summed E-state index contributed by atoms with van der Waals surface area (Å²) >= 11 is 0. The molecular formula is C21H17N5O2. The Morgan fingerprint density at radius 3 is 2.82 bits per heavy atom. The molecule has 4 aromatic rings. The summed E-state index contributed by atoms with van der Waals surface area (Å²) in [6.45, 7) is 0.578. The normalized spacial score (nSPS) is 11.1. The van der Waals surface area contributed by atoms with Crippen molar-refractivity contribution in [2.45, 2.75) is 6.54 Å². The molecule has 0 aliphatic heterocycles. The molecule has 2 heterocycles. The van der Waals surface area contributed by atoms with Crippen LogP contribution in [0.15, 0.2) is 76.8 Å². The maximum Gasteiger partial charge on any atom is 0.302 e. The first-order valence-electron chi connectivity index (χ1n) is 8.64. The number of nitrogen functional groups attached to an aromatic ring is 1. The number of nitrogens with zero attached hydrogens (tertiary/aromatic N) is 3. The number of pyridine rings is 1. The van der Waals surface area contributed by atoms with E-state index in [0.717, 1.165) is 11.1 Å². The zero-order valence-electron chi connectivity index (χ0n) is 14.9. The Kier molecular flexibility index (Phi) is 4.79. The summed E-state index contributed by atoms with van der Waals surface area (Å²) in [5, 5.41) is 0.451. The minimum Gasteiger partial charge on any atom is -0.425 e. The molecule has 0 saturated carbocycles. The third-order valence-electron chi connectivity index (χ3n) is 4.11. The van der Waals surface area contributed by atoms with Crippen molar-refractivity contribution in [2.75, 3.05) is 5.73 Å². The molecule has 0 amide bonds. The molecular weight excluding hydrogens is 354 g/mol. The molecule has 0 spiro atoms. The minimum atomic E-state index is -0.292. The van der Waals surface area contributed by atoms with Crippen LogP contribution in [-0.2, 0) is 6.54 Å². The number of benzene rings is 2. The van der Waals surface area contributed by atoms with Gasteiger partial charge in [-0.15, -0.1) is 0 Å². The van der Waals surface area contributed by atoms with E-state index in [1.165, 1.54) is 6.20 Å². The summed E-state index contributed by atoms with van der Waals surface area (Å²) in [6, 6.07) is 16.9. The Labute approximate surface area is 160 Å². The molecule has 2 aromatic heterocycles. The molecule has 7 nitrogen and oxygen atoms in total. The van der Waals surface area contributed by atoms with Gasteiger partial charge in [0.1, 0.15) is 5.75 Å². The van der Waals surface area contributed by atoms with Gasteiger partial charge in [-0.2, -0.15) is 4.98 Å². The Morgan fingerprint density at radius 2 is 2.00 bits per heavy atom. The molecule has 0 atom stereocenters. The Morgan fingerprint density at radius 1 is 1.14 bits per heavy atom. The monoisotopic (exact) mass is 371 g/mol. The van der Waals surface area contributed by atoms with Crippen LogP contribution in [0.4, 0.5) is 5.69 Å². The van der Waals surface area contributed by atoms with Crippen LogP contribution in [0.3, 0.4) is 0 Å². The van der Waals surface area contributed by atoms with Crippen molar-refractivity contribution >= 4 is 22.8 Å². The minimum absolute atomic E-state index is 0.0791. The van der Waals surface area contributed by atoms with E-state index in [9.17, 15) is 4.79 Å². The van der Waals surface area contributed by atoms with Crippen LogP contribution in [0.1, 0.15) is 11.1 Å². The average molecular weight is 371 g/mol. The number of hydrogen-bond donors (Lipinski definition) is 2. The number of hydrogen-bond acceptors (Lipinski definition) is 6. The Hall–Kier alpha value is -4.00. The van der Waals surface area contributed by atoms with Crippen molar-refractivity contribution in [2.24, 2.45) is 4.99 Å². The second kappa shape index (κ2) is 7.71. The molecule has 7 heteroatoms. The largest absolute Gasteiger partial charge is 0.425 e. The van der Waals surface area contributed by atoms with Gasteiger partial charge in [0.25, 0.3) is 5.56 Å². The van der Waals surface area contributed by atoms with Crippen molar-refractivity contribution in [1.29, 1.82) is 0 Å². The predicted molar refractivity (Wildman–Crippen MR) is 109 cm³/mol. The van der Waals surface area contributed by atoms with Gasteiger partial charge in [-0.3, -0.25) is 19.8 Å². The number of aliphatic imine (C=N–C) groups is 1. The van der Waals surface area contributed by atoms with Crippen LogP contribution in [-0.4, -0.2) is 21.2 Å². The SMILES string of the molecule is Nc1cc(Oc2nc3cnccc3c(=O)[nH]2)ccc1C=NCc1ccccc1. The lowest BCUT2D eigenvalue weighted by Crippen LogP contribution is -2.09. The lowest BCUT2D eigenvalue weighted by Gasteiger charge is -2.07. The molecule has 0 bridgehead atoms. The van der Waals surface area contributed by atoms with Crippen molar-refractivity contribution in [3.8, 4) is 11.8 Å². The predicted octanol–water partition coefficient (Wildman–Crippen LogP) is 3.31. The van der Waals surface area contributed by atoms with Gasteiger partial charge in [-0.25, -0.2) is 0 Å². The molecule has 3 N–H and O–H groups in total. The number of aromatic nitrogens is 3. The van der Waals surface area contributed by atoms with Gasteiger partial charge in [-0.05, 0) is 23.8 Å². The number of rotatable bonds is 5. The highest BCUT2D eigenvalue weighted by Gasteiger charge is 2.07. The summed E-state index contributed by atoms with van der Waals surface area (Å²) in [5.41, 5.74) is 8.69.